The van der Waals surface area contributed by atoms with Crippen LogP contribution >= 0.6 is 23.2 Å². The van der Waals surface area contributed by atoms with Crippen LogP contribution in [0.25, 0.3) is 0 Å². The maximum Gasteiger partial charge on any atom is 0.252 e. The molecule has 0 aliphatic carbocycles. The molecule has 1 rings (SSSR count). The number of nitrogens with zero attached hydrogens (tertiary/aromatic N) is 1. The lowest BCUT2D eigenvalue weighted by molar-refractivity contribution is 0.0951. The molecule has 0 fully saturated rings. The molecule has 2 N–H and O–H groups in total. The van der Waals surface area contributed by atoms with Crippen LogP contribution in [0.1, 0.15) is 24.2 Å². The van der Waals surface area contributed by atoms with E-state index in [1.54, 1.807) is 13.8 Å². The molecule has 1 amide bonds. The van der Waals surface area contributed by atoms with E-state index in [9.17, 15) is 13.2 Å². The van der Waals surface area contributed by atoms with Crippen molar-refractivity contribution in [2.45, 2.75) is 24.8 Å². The third-order valence-corrected chi connectivity index (χ3v) is 5.23. The zero-order chi connectivity index (χ0) is 17.8. The molecule has 6 nitrogen and oxygen atoms in total. The van der Waals surface area contributed by atoms with E-state index in [1.807, 2.05) is 19.0 Å². The highest BCUT2D eigenvalue weighted by molar-refractivity contribution is 7.89. The molecule has 0 bridgehead atoms. The minimum Gasteiger partial charge on any atom is -0.351 e. The molecule has 0 aromatic heterocycles. The first-order chi connectivity index (χ1) is 10.5. The molecule has 1 aromatic rings. The van der Waals surface area contributed by atoms with Crippen molar-refractivity contribution in [3.8, 4) is 0 Å². The van der Waals surface area contributed by atoms with Crippen LogP contribution in [0, 0.1) is 0 Å². The Bertz CT molecular complexity index is 676. The van der Waals surface area contributed by atoms with Gasteiger partial charge in [0.1, 0.15) is 4.90 Å². The molecule has 0 heterocycles. The Balaban J connectivity index is 3.11. The van der Waals surface area contributed by atoms with Gasteiger partial charge in [-0.3, -0.25) is 4.79 Å². The molecule has 0 aliphatic rings. The summed E-state index contributed by atoms with van der Waals surface area (Å²) in [5.41, 5.74) is 0.0685. The number of likely N-dealkylation sites (N-methyl/N-ethyl adjacent to an activating group) is 1. The monoisotopic (exact) mass is 381 g/mol. The number of hydrogen-bond donors (Lipinski definition) is 2. The quantitative estimate of drug-likeness (QED) is 0.756. The van der Waals surface area contributed by atoms with Crippen LogP contribution in [-0.2, 0) is 10.0 Å². The van der Waals surface area contributed by atoms with Crippen LogP contribution in [0.3, 0.4) is 0 Å². The van der Waals surface area contributed by atoms with Crippen LogP contribution in [0.15, 0.2) is 17.0 Å². The Hall–Kier alpha value is -0.860. The van der Waals surface area contributed by atoms with E-state index in [1.165, 1.54) is 12.1 Å². The first-order valence-electron chi connectivity index (χ1n) is 6.99. The normalized spacial score (nSPS) is 12.0. The van der Waals surface area contributed by atoms with Crippen molar-refractivity contribution >= 4 is 39.1 Å². The Morgan fingerprint density at radius 2 is 1.83 bits per heavy atom. The molecule has 130 valence electrons. The van der Waals surface area contributed by atoms with E-state index in [-0.39, 0.29) is 26.5 Å². The zero-order valence-corrected chi connectivity index (χ0v) is 15.8. The first-order valence-corrected chi connectivity index (χ1v) is 9.23. The summed E-state index contributed by atoms with van der Waals surface area (Å²) in [7, 11) is -0.0684. The molecule has 0 spiro atoms. The third-order valence-electron chi connectivity index (χ3n) is 2.79. The van der Waals surface area contributed by atoms with Gasteiger partial charge in [-0.25, -0.2) is 13.1 Å². The maximum absolute atomic E-state index is 12.3. The summed E-state index contributed by atoms with van der Waals surface area (Å²) in [6.07, 6.45) is 0. The minimum absolute atomic E-state index is 0.0343. The molecule has 0 aliphatic heterocycles. The highest BCUT2D eigenvalue weighted by atomic mass is 35.5. The van der Waals surface area contributed by atoms with E-state index in [2.05, 4.69) is 10.0 Å². The van der Waals surface area contributed by atoms with Gasteiger partial charge in [-0.1, -0.05) is 23.2 Å². The summed E-state index contributed by atoms with van der Waals surface area (Å²) in [5.74, 6) is -0.450. The van der Waals surface area contributed by atoms with Crippen LogP contribution in [0.4, 0.5) is 0 Å². The van der Waals surface area contributed by atoms with Crippen LogP contribution in [0.5, 0.6) is 0 Å². The average molecular weight is 382 g/mol. The van der Waals surface area contributed by atoms with Crippen LogP contribution in [-0.4, -0.2) is 52.5 Å². The van der Waals surface area contributed by atoms with Gasteiger partial charge in [0.2, 0.25) is 10.0 Å². The average Bonchev–Trinajstić information content (AvgIpc) is 2.35. The topological polar surface area (TPSA) is 78.5 Å². The Morgan fingerprint density at radius 3 is 2.35 bits per heavy atom. The lowest BCUT2D eigenvalue weighted by Crippen LogP contribution is -2.32. The van der Waals surface area contributed by atoms with Gasteiger partial charge in [0, 0.05) is 19.1 Å². The molecule has 0 saturated heterocycles. The minimum atomic E-state index is -3.83. The van der Waals surface area contributed by atoms with Gasteiger partial charge in [0.15, 0.2) is 0 Å². The van der Waals surface area contributed by atoms with Gasteiger partial charge >= 0.3 is 0 Å². The van der Waals surface area contributed by atoms with Gasteiger partial charge in [0.05, 0.1) is 15.6 Å². The van der Waals surface area contributed by atoms with E-state index in [0.29, 0.717) is 13.1 Å². The molecule has 0 atom stereocenters. The van der Waals surface area contributed by atoms with E-state index in [0.717, 1.165) is 0 Å². The highest BCUT2D eigenvalue weighted by Crippen LogP contribution is 2.28. The van der Waals surface area contributed by atoms with Gasteiger partial charge in [-0.15, -0.1) is 0 Å². The SMILES string of the molecule is CC(C)NS(=O)(=O)c1cc(C(=O)NCCN(C)C)c(Cl)cc1Cl. The predicted octanol–water partition coefficient (Wildman–Crippen LogP) is 1.97. The number of halogens is 2. The Labute approximate surface area is 147 Å². The molecule has 23 heavy (non-hydrogen) atoms. The molecule has 0 radical (unpaired) electrons. The van der Waals surface area contributed by atoms with E-state index < -0.39 is 15.9 Å². The largest absolute Gasteiger partial charge is 0.351 e. The standard InChI is InChI=1S/C14H21Cl2N3O3S/c1-9(2)18-23(21,22)13-7-10(11(15)8-12(13)16)14(20)17-5-6-19(3)4/h7-9,18H,5-6H2,1-4H3,(H,17,20). The van der Waals surface area contributed by atoms with Crippen molar-refractivity contribution in [2.24, 2.45) is 0 Å². The number of benzene rings is 1. The second-order valence-electron chi connectivity index (χ2n) is 5.60. The number of sulfonamides is 1. The number of rotatable bonds is 7. The molecule has 1 aromatic carbocycles. The Kier molecular flexibility index (Phi) is 7.29. The summed E-state index contributed by atoms with van der Waals surface area (Å²) >= 11 is 12.0. The number of amides is 1. The fraction of sp³-hybridized carbons (Fsp3) is 0.500. The summed E-state index contributed by atoms with van der Waals surface area (Å²) < 4.78 is 27.0. The second kappa shape index (κ2) is 8.30. The van der Waals surface area contributed by atoms with Crippen molar-refractivity contribution < 1.29 is 13.2 Å². The first kappa shape index (κ1) is 20.2. The number of carbonyl (C=O) groups excluding carboxylic acids is 1. The van der Waals surface area contributed by atoms with E-state index >= 15 is 0 Å². The lowest BCUT2D eigenvalue weighted by atomic mass is 10.2. The molecule has 0 saturated carbocycles. The van der Waals surface area contributed by atoms with Crippen molar-refractivity contribution in [2.75, 3.05) is 27.2 Å². The zero-order valence-electron chi connectivity index (χ0n) is 13.5. The van der Waals surface area contributed by atoms with Crippen molar-refractivity contribution in [3.63, 3.8) is 0 Å². The molecule has 9 heteroatoms. The van der Waals surface area contributed by atoms with Crippen LogP contribution < -0.4 is 10.0 Å². The molecule has 0 unspecified atom stereocenters. The van der Waals surface area contributed by atoms with Gasteiger partial charge < -0.3 is 10.2 Å². The highest BCUT2D eigenvalue weighted by Gasteiger charge is 2.23. The Morgan fingerprint density at radius 1 is 1.22 bits per heavy atom. The van der Waals surface area contributed by atoms with Crippen molar-refractivity contribution in [1.82, 2.24) is 14.9 Å². The fourth-order valence-electron chi connectivity index (χ4n) is 1.77. The fourth-order valence-corrected chi connectivity index (χ4v) is 3.88. The van der Waals surface area contributed by atoms with Crippen molar-refractivity contribution in [1.29, 1.82) is 0 Å². The number of carbonyl (C=O) groups is 1. The number of hydrogen-bond acceptors (Lipinski definition) is 4. The molecular formula is C14H21Cl2N3O3S. The van der Waals surface area contributed by atoms with Gasteiger partial charge in [-0.05, 0) is 40.1 Å². The second-order valence-corrected chi connectivity index (χ2v) is 8.09. The van der Waals surface area contributed by atoms with E-state index in [4.69, 9.17) is 23.2 Å². The summed E-state index contributed by atoms with van der Waals surface area (Å²) in [6.45, 7) is 4.45. The summed E-state index contributed by atoms with van der Waals surface area (Å²) in [6, 6.07) is 2.16. The van der Waals surface area contributed by atoms with Gasteiger partial charge in [-0.2, -0.15) is 0 Å². The number of nitrogens with one attached hydrogen (secondary N) is 2. The smallest absolute Gasteiger partial charge is 0.252 e. The summed E-state index contributed by atoms with van der Waals surface area (Å²) in [5, 5.41) is 2.75. The molecular weight excluding hydrogens is 361 g/mol. The predicted molar refractivity (Wildman–Crippen MR) is 92.8 cm³/mol. The van der Waals surface area contributed by atoms with Crippen molar-refractivity contribution in [3.05, 3.63) is 27.7 Å². The third kappa shape index (κ3) is 5.93. The lowest BCUT2D eigenvalue weighted by Gasteiger charge is -2.14. The van der Waals surface area contributed by atoms with Crippen LogP contribution in [0.2, 0.25) is 10.0 Å². The maximum atomic E-state index is 12.3. The summed E-state index contributed by atoms with van der Waals surface area (Å²) in [4.78, 5) is 13.9. The van der Waals surface area contributed by atoms with Gasteiger partial charge in [0.25, 0.3) is 5.91 Å².